The van der Waals surface area contributed by atoms with Gasteiger partial charge in [-0.3, -0.25) is 4.79 Å². The number of carbonyl (C=O) groups is 1. The second-order valence-corrected chi connectivity index (χ2v) is 7.12. The van der Waals surface area contributed by atoms with Crippen molar-refractivity contribution in [1.29, 1.82) is 0 Å². The van der Waals surface area contributed by atoms with Gasteiger partial charge in [-0.25, -0.2) is 9.97 Å². The molecule has 0 bridgehead atoms. The highest BCUT2D eigenvalue weighted by Gasteiger charge is 2.19. The third-order valence-corrected chi connectivity index (χ3v) is 5.09. The summed E-state index contributed by atoms with van der Waals surface area (Å²) in [5.74, 6) is 0.682. The SMILES string of the molecule is O=C(CCc1ccccc1)Nc1cnc(N2CCN(c3ccccc3)CC2)nc1. The third-order valence-electron chi connectivity index (χ3n) is 5.09. The van der Waals surface area contributed by atoms with E-state index in [9.17, 15) is 4.79 Å². The molecule has 1 aromatic heterocycles. The molecule has 6 nitrogen and oxygen atoms in total. The molecule has 0 aliphatic carbocycles. The Morgan fingerprint density at radius 3 is 2.07 bits per heavy atom. The lowest BCUT2D eigenvalue weighted by molar-refractivity contribution is -0.116. The first-order valence-electron chi connectivity index (χ1n) is 9.99. The number of nitrogens with one attached hydrogen (secondary N) is 1. The molecule has 0 radical (unpaired) electrons. The highest BCUT2D eigenvalue weighted by molar-refractivity contribution is 5.90. The number of aromatic nitrogens is 2. The van der Waals surface area contributed by atoms with Crippen LogP contribution in [0.15, 0.2) is 73.1 Å². The summed E-state index contributed by atoms with van der Waals surface area (Å²) in [6, 6.07) is 20.5. The Bertz CT molecular complexity index is 907. The summed E-state index contributed by atoms with van der Waals surface area (Å²) in [5, 5.41) is 2.88. The molecule has 1 aliphatic rings. The van der Waals surface area contributed by atoms with Gasteiger partial charge in [-0.05, 0) is 24.1 Å². The number of anilines is 3. The minimum atomic E-state index is -0.0262. The van der Waals surface area contributed by atoms with Gasteiger partial charge in [0.25, 0.3) is 0 Å². The zero-order valence-electron chi connectivity index (χ0n) is 16.4. The number of para-hydroxylation sites is 1. The van der Waals surface area contributed by atoms with Gasteiger partial charge in [0.15, 0.2) is 0 Å². The Labute approximate surface area is 171 Å². The van der Waals surface area contributed by atoms with Crippen LogP contribution in [0.5, 0.6) is 0 Å². The molecule has 29 heavy (non-hydrogen) atoms. The molecule has 6 heteroatoms. The van der Waals surface area contributed by atoms with Crippen molar-refractivity contribution in [2.24, 2.45) is 0 Å². The molecule has 0 atom stereocenters. The summed E-state index contributed by atoms with van der Waals surface area (Å²) in [6.45, 7) is 3.62. The van der Waals surface area contributed by atoms with Crippen LogP contribution in [-0.2, 0) is 11.2 Å². The number of hydrogen-bond donors (Lipinski definition) is 1. The molecule has 1 aliphatic heterocycles. The molecule has 1 fully saturated rings. The Kier molecular flexibility index (Phi) is 6.00. The lowest BCUT2D eigenvalue weighted by Crippen LogP contribution is -2.47. The van der Waals surface area contributed by atoms with Crippen LogP contribution >= 0.6 is 0 Å². The molecular formula is C23H25N5O. The number of amides is 1. The summed E-state index contributed by atoms with van der Waals surface area (Å²) in [7, 11) is 0. The van der Waals surface area contributed by atoms with Crippen LogP contribution in [0.2, 0.25) is 0 Å². The molecular weight excluding hydrogens is 362 g/mol. The fraction of sp³-hybridized carbons (Fsp3) is 0.261. The van der Waals surface area contributed by atoms with Crippen molar-refractivity contribution >= 4 is 23.2 Å². The van der Waals surface area contributed by atoms with Gasteiger partial charge in [0.05, 0.1) is 18.1 Å². The van der Waals surface area contributed by atoms with E-state index >= 15 is 0 Å². The van der Waals surface area contributed by atoms with E-state index in [0.29, 0.717) is 18.1 Å². The molecule has 1 saturated heterocycles. The van der Waals surface area contributed by atoms with Gasteiger partial charge in [0.2, 0.25) is 11.9 Å². The average molecular weight is 387 g/mol. The maximum atomic E-state index is 12.2. The summed E-state index contributed by atoms with van der Waals surface area (Å²) in [4.78, 5) is 25.6. The monoisotopic (exact) mass is 387 g/mol. The van der Waals surface area contributed by atoms with Crippen LogP contribution in [0.25, 0.3) is 0 Å². The molecule has 0 unspecified atom stereocenters. The molecule has 148 valence electrons. The first-order chi connectivity index (χ1) is 14.3. The molecule has 3 aromatic rings. The van der Waals surface area contributed by atoms with Crippen LogP contribution in [0.4, 0.5) is 17.3 Å². The minimum absolute atomic E-state index is 0.0262. The van der Waals surface area contributed by atoms with Gasteiger partial charge in [-0.1, -0.05) is 48.5 Å². The first kappa shape index (κ1) is 18.9. The number of benzene rings is 2. The molecule has 1 amide bonds. The van der Waals surface area contributed by atoms with Gasteiger partial charge in [0, 0.05) is 38.3 Å². The predicted molar refractivity (Wildman–Crippen MR) is 116 cm³/mol. The smallest absolute Gasteiger partial charge is 0.225 e. The van der Waals surface area contributed by atoms with Crippen LogP contribution in [0.1, 0.15) is 12.0 Å². The van der Waals surface area contributed by atoms with Crippen LogP contribution in [-0.4, -0.2) is 42.1 Å². The molecule has 2 aromatic carbocycles. The normalized spacial score (nSPS) is 13.9. The van der Waals surface area contributed by atoms with Gasteiger partial charge in [-0.15, -0.1) is 0 Å². The Hall–Kier alpha value is -3.41. The van der Waals surface area contributed by atoms with Crippen molar-refractivity contribution in [2.45, 2.75) is 12.8 Å². The van der Waals surface area contributed by atoms with Crippen molar-refractivity contribution in [1.82, 2.24) is 9.97 Å². The topological polar surface area (TPSA) is 61.4 Å². The van der Waals surface area contributed by atoms with E-state index in [2.05, 4.69) is 49.4 Å². The number of aryl methyl sites for hydroxylation is 1. The maximum absolute atomic E-state index is 12.2. The van der Waals surface area contributed by atoms with E-state index in [4.69, 9.17) is 0 Å². The number of nitrogens with zero attached hydrogens (tertiary/aromatic N) is 4. The largest absolute Gasteiger partial charge is 0.368 e. The average Bonchev–Trinajstić information content (AvgIpc) is 2.80. The highest BCUT2D eigenvalue weighted by Crippen LogP contribution is 2.18. The Balaban J connectivity index is 1.26. The molecule has 1 N–H and O–H groups in total. The van der Waals surface area contributed by atoms with Gasteiger partial charge in [-0.2, -0.15) is 0 Å². The van der Waals surface area contributed by atoms with E-state index < -0.39 is 0 Å². The van der Waals surface area contributed by atoms with Crippen molar-refractivity contribution in [3.63, 3.8) is 0 Å². The number of piperazine rings is 1. The number of rotatable bonds is 6. The summed E-state index contributed by atoms with van der Waals surface area (Å²) < 4.78 is 0. The van der Waals surface area contributed by atoms with Crippen LogP contribution in [0, 0.1) is 0 Å². The standard InChI is InChI=1S/C23H25N5O/c29-22(12-11-19-7-3-1-4-8-19)26-20-17-24-23(25-18-20)28-15-13-27(14-16-28)21-9-5-2-6-10-21/h1-10,17-18H,11-16H2,(H,26,29). The van der Waals surface area contributed by atoms with E-state index in [1.165, 1.54) is 5.69 Å². The van der Waals surface area contributed by atoms with Crippen molar-refractivity contribution < 1.29 is 4.79 Å². The summed E-state index contributed by atoms with van der Waals surface area (Å²) >= 11 is 0. The van der Waals surface area contributed by atoms with Crippen molar-refractivity contribution in [2.75, 3.05) is 41.3 Å². The predicted octanol–water partition coefficient (Wildman–Crippen LogP) is 3.37. The van der Waals surface area contributed by atoms with Crippen LogP contribution < -0.4 is 15.1 Å². The first-order valence-corrected chi connectivity index (χ1v) is 9.99. The maximum Gasteiger partial charge on any atom is 0.225 e. The zero-order chi connectivity index (χ0) is 19.9. The van der Waals surface area contributed by atoms with Crippen molar-refractivity contribution in [3.8, 4) is 0 Å². The highest BCUT2D eigenvalue weighted by atomic mass is 16.1. The van der Waals surface area contributed by atoms with E-state index in [1.807, 2.05) is 36.4 Å². The Morgan fingerprint density at radius 1 is 0.828 bits per heavy atom. The lowest BCUT2D eigenvalue weighted by atomic mass is 10.1. The van der Waals surface area contributed by atoms with Gasteiger partial charge < -0.3 is 15.1 Å². The Morgan fingerprint density at radius 2 is 1.41 bits per heavy atom. The molecule has 2 heterocycles. The van der Waals surface area contributed by atoms with E-state index in [-0.39, 0.29) is 5.91 Å². The summed E-state index contributed by atoms with van der Waals surface area (Å²) in [6.07, 6.45) is 4.53. The lowest BCUT2D eigenvalue weighted by Gasteiger charge is -2.36. The number of hydrogen-bond acceptors (Lipinski definition) is 5. The molecule has 0 spiro atoms. The quantitative estimate of drug-likeness (QED) is 0.703. The molecule has 4 rings (SSSR count). The van der Waals surface area contributed by atoms with Crippen LogP contribution in [0.3, 0.4) is 0 Å². The van der Waals surface area contributed by atoms with Gasteiger partial charge >= 0.3 is 0 Å². The zero-order valence-corrected chi connectivity index (χ0v) is 16.4. The summed E-state index contributed by atoms with van der Waals surface area (Å²) in [5.41, 5.74) is 3.04. The van der Waals surface area contributed by atoms with Crippen molar-refractivity contribution in [3.05, 3.63) is 78.6 Å². The minimum Gasteiger partial charge on any atom is -0.368 e. The second kappa shape index (κ2) is 9.19. The number of carbonyl (C=O) groups excluding carboxylic acids is 1. The third kappa shape index (κ3) is 5.10. The van der Waals surface area contributed by atoms with E-state index in [0.717, 1.165) is 38.2 Å². The fourth-order valence-corrected chi connectivity index (χ4v) is 3.48. The van der Waals surface area contributed by atoms with E-state index in [1.54, 1.807) is 12.4 Å². The fourth-order valence-electron chi connectivity index (χ4n) is 3.48. The molecule has 0 saturated carbocycles. The van der Waals surface area contributed by atoms with Gasteiger partial charge in [0.1, 0.15) is 0 Å². The second-order valence-electron chi connectivity index (χ2n) is 7.12.